The van der Waals surface area contributed by atoms with Crippen molar-refractivity contribution in [2.45, 2.75) is 63.3 Å². The normalized spacial score (nSPS) is 20.6. The molecule has 2 heterocycles. The van der Waals surface area contributed by atoms with Gasteiger partial charge in [-0.15, -0.1) is 0 Å². The van der Waals surface area contributed by atoms with Crippen LogP contribution in [0.5, 0.6) is 5.88 Å². The third kappa shape index (κ3) is 8.07. The van der Waals surface area contributed by atoms with E-state index in [9.17, 15) is 19.4 Å². The van der Waals surface area contributed by atoms with Gasteiger partial charge in [-0.1, -0.05) is 48.5 Å². The van der Waals surface area contributed by atoms with Crippen LogP contribution in [0.25, 0.3) is 0 Å². The maximum atomic E-state index is 12.6. The number of hydrogen-bond donors (Lipinski definition) is 1. The Kier molecular flexibility index (Phi) is 11.4. The second-order valence-electron chi connectivity index (χ2n) is 10.4. The summed E-state index contributed by atoms with van der Waals surface area (Å²) in [5.74, 6) is -0.381. The van der Waals surface area contributed by atoms with Crippen LogP contribution < -0.4 is 79.6 Å². The van der Waals surface area contributed by atoms with E-state index in [2.05, 4.69) is 22.1 Å². The second-order valence-corrected chi connectivity index (χ2v) is 12.2. The second kappa shape index (κ2) is 13.8. The van der Waals surface area contributed by atoms with Crippen molar-refractivity contribution in [1.29, 1.82) is 0 Å². The molecule has 1 aliphatic heterocycles. The molecule has 0 amide bonds. The van der Waals surface area contributed by atoms with E-state index in [1.807, 2.05) is 26.0 Å². The van der Waals surface area contributed by atoms with Gasteiger partial charge in [-0.2, -0.15) is 4.98 Å². The van der Waals surface area contributed by atoms with Gasteiger partial charge in [0.1, 0.15) is 19.5 Å². The van der Waals surface area contributed by atoms with Gasteiger partial charge in [-0.3, -0.25) is 0 Å². The molecule has 1 fully saturated rings. The Hall–Kier alpha value is -1.59. The van der Waals surface area contributed by atoms with Gasteiger partial charge >= 0.3 is 59.1 Å². The maximum Gasteiger partial charge on any atom is 1.00 e. The minimum absolute atomic E-state index is 0. The Labute approximate surface area is 283 Å². The van der Waals surface area contributed by atoms with Crippen molar-refractivity contribution in [2.75, 3.05) is 5.73 Å². The maximum absolute atomic E-state index is 12.6. The fraction of sp³-hybridized carbons (Fsp3) is 0.357. The number of nitrogen functional groups attached to an aromatic ring is 1. The van der Waals surface area contributed by atoms with Crippen LogP contribution in [0, 0.1) is 0 Å². The number of carbonyl (C=O) groups excluding carboxylic acids is 1. The van der Waals surface area contributed by atoms with E-state index >= 15 is 0 Å². The van der Waals surface area contributed by atoms with E-state index < -0.39 is 19.2 Å². The van der Waals surface area contributed by atoms with Crippen LogP contribution in [0.1, 0.15) is 72.5 Å². The third-order valence-corrected chi connectivity index (χ3v) is 8.54. The largest absolute Gasteiger partial charge is 1.00 e. The smallest absolute Gasteiger partial charge is 0.778 e. The fourth-order valence-electron chi connectivity index (χ4n) is 5.15. The van der Waals surface area contributed by atoms with Crippen LogP contribution in [-0.4, -0.2) is 33.4 Å². The van der Waals surface area contributed by atoms with E-state index in [0.29, 0.717) is 35.9 Å². The Morgan fingerprint density at radius 2 is 1.68 bits per heavy atom. The molecule has 1 unspecified atom stereocenters. The molecule has 41 heavy (non-hydrogen) atoms. The summed E-state index contributed by atoms with van der Waals surface area (Å²) in [6, 6.07) is 13.8. The summed E-state index contributed by atoms with van der Waals surface area (Å²) in [5, 5.41) is 10.9. The van der Waals surface area contributed by atoms with Crippen molar-refractivity contribution >= 4 is 30.8 Å². The number of nitrogens with two attached hydrogens (primary N) is 1. The van der Waals surface area contributed by atoms with Crippen molar-refractivity contribution in [1.82, 2.24) is 9.97 Å². The molecule has 10 nitrogen and oxygen atoms in total. The number of ether oxygens (including phenoxy) is 1. The zero-order valence-electron chi connectivity index (χ0n) is 23.7. The number of benzene rings is 2. The Morgan fingerprint density at radius 3 is 2.29 bits per heavy atom. The SMILES string of the molecule is CC1(C)Oc2ncnc(N)c2N=C1c1ccc(C2CCC(OP(=O)([O-])Cc3ccc(C(=O)[O-])cc3)CC2)cc1.[Na+].[Na+]. The number of carbonyl (C=O) groups is 1. The van der Waals surface area contributed by atoms with Crippen LogP contribution in [-0.2, 0) is 15.3 Å². The van der Waals surface area contributed by atoms with Crippen molar-refractivity contribution in [2.24, 2.45) is 4.99 Å². The van der Waals surface area contributed by atoms with Gasteiger partial charge < -0.3 is 34.4 Å². The molecule has 2 aromatic carbocycles. The molecule has 1 atom stereocenters. The molecule has 0 bridgehead atoms. The molecule has 2 aliphatic rings. The minimum Gasteiger partial charge on any atom is -0.778 e. The molecule has 1 aliphatic carbocycles. The van der Waals surface area contributed by atoms with Gasteiger partial charge in [0.25, 0.3) is 0 Å². The van der Waals surface area contributed by atoms with Gasteiger partial charge in [0, 0.05) is 11.7 Å². The van der Waals surface area contributed by atoms with E-state index in [0.717, 1.165) is 24.1 Å². The first kappa shape index (κ1) is 33.9. The molecule has 13 heteroatoms. The number of aromatic carboxylic acids is 1. The number of rotatable bonds is 7. The van der Waals surface area contributed by atoms with Gasteiger partial charge in [0.2, 0.25) is 5.88 Å². The average molecular weight is 595 g/mol. The standard InChI is InChI=1S/C28H31N4O6P.2Na/c1-28(2)24(32-23-25(29)30-16-31-26(23)37-28)20-9-7-18(8-10-20)19-11-13-22(14-12-19)38-39(35,36)15-17-3-5-21(6-4-17)27(33)34;;/h3-10,16,19,22H,11-15H2,1-2H3,(H,33,34)(H,35,36)(H2,29,30,31);;/q;2*+1/p-2. The summed E-state index contributed by atoms with van der Waals surface area (Å²) in [6.07, 6.45) is 3.58. The van der Waals surface area contributed by atoms with Crippen molar-refractivity contribution in [3.8, 4) is 5.88 Å². The first-order chi connectivity index (χ1) is 18.5. The van der Waals surface area contributed by atoms with Crippen LogP contribution in [0.15, 0.2) is 59.9 Å². The molecule has 1 saturated carbocycles. The summed E-state index contributed by atoms with van der Waals surface area (Å²) in [4.78, 5) is 36.4. The van der Waals surface area contributed by atoms with Gasteiger partial charge in [-0.25, -0.2) is 9.98 Å². The molecule has 3 aromatic rings. The average Bonchev–Trinajstić information content (AvgIpc) is 2.88. The van der Waals surface area contributed by atoms with Gasteiger partial charge in [0.15, 0.2) is 11.5 Å². The minimum atomic E-state index is -4.13. The molecule has 1 aromatic heterocycles. The quantitative estimate of drug-likeness (QED) is 0.231. The predicted molar refractivity (Wildman–Crippen MR) is 142 cm³/mol. The molecule has 5 rings (SSSR count). The van der Waals surface area contributed by atoms with Crippen LogP contribution >= 0.6 is 7.60 Å². The number of fused-ring (bicyclic) bond motifs is 1. The number of nitrogens with zero attached hydrogens (tertiary/aromatic N) is 3. The fourth-order valence-corrected chi connectivity index (χ4v) is 6.55. The number of carboxylic acids is 1. The molecule has 2 N–H and O–H groups in total. The number of hydrogen-bond acceptors (Lipinski definition) is 10. The Balaban J connectivity index is 0.00000231. The van der Waals surface area contributed by atoms with Crippen LogP contribution in [0.2, 0.25) is 0 Å². The Bertz CT molecular complexity index is 1460. The summed E-state index contributed by atoms with van der Waals surface area (Å²) in [7, 11) is -4.13. The van der Waals surface area contributed by atoms with Gasteiger partial charge in [0.05, 0.1) is 17.8 Å². The number of anilines is 1. The van der Waals surface area contributed by atoms with Crippen molar-refractivity contribution < 1.29 is 87.7 Å². The van der Waals surface area contributed by atoms with E-state index in [-0.39, 0.29) is 82.8 Å². The topological polar surface area (TPSA) is 163 Å². The monoisotopic (exact) mass is 594 g/mol. The van der Waals surface area contributed by atoms with Crippen molar-refractivity contribution in [3.05, 3.63) is 77.1 Å². The summed E-state index contributed by atoms with van der Waals surface area (Å²) in [6.45, 7) is 3.86. The molecule has 0 spiro atoms. The third-order valence-electron chi connectivity index (χ3n) is 7.17. The number of aliphatic imine (C=N–C) groups is 1. The molecule has 0 saturated heterocycles. The first-order valence-electron chi connectivity index (χ1n) is 12.8. The zero-order valence-corrected chi connectivity index (χ0v) is 28.6. The predicted octanol–water partition coefficient (Wildman–Crippen LogP) is -2.48. The first-order valence-corrected chi connectivity index (χ1v) is 14.5. The molecule has 204 valence electrons. The summed E-state index contributed by atoms with van der Waals surface area (Å²) >= 11 is 0. The number of aromatic nitrogens is 2. The van der Waals surface area contributed by atoms with Gasteiger partial charge in [-0.05, 0) is 62.1 Å². The summed E-state index contributed by atoms with van der Waals surface area (Å²) < 4.78 is 24.2. The zero-order chi connectivity index (χ0) is 27.8. The molecule has 0 radical (unpaired) electrons. The Morgan fingerprint density at radius 1 is 1.05 bits per heavy atom. The number of carboxylic acid groups (broad SMARTS) is 1. The molecular weight excluding hydrogens is 565 g/mol. The van der Waals surface area contributed by atoms with E-state index in [1.54, 1.807) is 0 Å². The van der Waals surface area contributed by atoms with Crippen LogP contribution in [0.3, 0.4) is 0 Å². The van der Waals surface area contributed by atoms with Crippen LogP contribution in [0.4, 0.5) is 11.5 Å². The summed E-state index contributed by atoms with van der Waals surface area (Å²) in [5.41, 5.74) is 9.01. The molecular formula is C28H29N4Na2O6P. The van der Waals surface area contributed by atoms with E-state index in [1.165, 1.54) is 36.2 Å². The van der Waals surface area contributed by atoms with Crippen molar-refractivity contribution in [3.63, 3.8) is 0 Å². The van der Waals surface area contributed by atoms with E-state index in [4.69, 9.17) is 20.0 Å².